The van der Waals surface area contributed by atoms with Gasteiger partial charge in [-0.05, 0) is 0 Å². The van der Waals surface area contributed by atoms with E-state index in [9.17, 15) is 8.78 Å². The van der Waals surface area contributed by atoms with E-state index in [1.807, 2.05) is 0 Å². The van der Waals surface area contributed by atoms with E-state index in [1.165, 1.54) is 0 Å². The molecule has 0 heterocycles. The van der Waals surface area contributed by atoms with Gasteiger partial charge in [-0.15, -0.1) is 0 Å². The van der Waals surface area contributed by atoms with Gasteiger partial charge in [-0.3, -0.25) is 0 Å². The number of rotatable bonds is 0. The Kier molecular flexibility index (Phi) is 0.313. The van der Waals surface area contributed by atoms with Gasteiger partial charge < -0.3 is 0 Å². The summed E-state index contributed by atoms with van der Waals surface area (Å²) in [6.45, 7) is 0. The van der Waals surface area contributed by atoms with Gasteiger partial charge in [-0.25, -0.2) is 8.78 Å². The maximum absolute atomic E-state index is 11.1. The molecule has 30 valence electrons. The van der Waals surface area contributed by atoms with Gasteiger partial charge in [0.1, 0.15) is 0 Å². The third-order valence-electron chi connectivity index (χ3n) is 0.628. The van der Waals surface area contributed by atoms with Crippen molar-refractivity contribution in [2.45, 2.75) is 18.8 Å². The van der Waals surface area contributed by atoms with Crippen LogP contribution in [0.4, 0.5) is 8.78 Å². The molecular formula is C3H4F2. The molecule has 1 rings (SSSR count). The summed E-state index contributed by atoms with van der Waals surface area (Å²) < 4.78 is 22.3. The molecule has 0 radical (unpaired) electrons. The zero-order valence-electron chi connectivity index (χ0n) is 2.67. The average Bonchev–Trinajstić information content (AvgIpc) is 1.76. The summed E-state index contributed by atoms with van der Waals surface area (Å²) >= 11 is 0. The first-order valence-corrected chi connectivity index (χ1v) is 1.59. The van der Waals surface area contributed by atoms with E-state index in [4.69, 9.17) is 0 Å². The smallest absolute Gasteiger partial charge is 0.207 e. The predicted molar refractivity (Wildman–Crippen MR) is 14.2 cm³/mol. The third-order valence-corrected chi connectivity index (χ3v) is 0.628. The van der Waals surface area contributed by atoms with Gasteiger partial charge >= 0.3 is 0 Å². The van der Waals surface area contributed by atoms with Crippen molar-refractivity contribution in [3.63, 3.8) is 0 Å². The summed E-state index contributed by atoms with van der Waals surface area (Å²) in [5, 5.41) is 0. The fourth-order valence-electron chi connectivity index (χ4n) is 0.0945. The van der Waals surface area contributed by atoms with Crippen LogP contribution < -0.4 is 0 Å². The van der Waals surface area contributed by atoms with Crippen LogP contribution in [0.15, 0.2) is 0 Å². The fourth-order valence-corrected chi connectivity index (χ4v) is 0.0945. The lowest BCUT2D eigenvalue weighted by Crippen LogP contribution is -1.79. The predicted octanol–water partition coefficient (Wildman–Crippen LogP) is 1.42. The average molecular weight is 78.1 g/mol. The van der Waals surface area contributed by atoms with Crippen molar-refractivity contribution < 1.29 is 8.78 Å². The van der Waals surface area contributed by atoms with Gasteiger partial charge in [-0.1, -0.05) is 0 Å². The van der Waals surface area contributed by atoms with Crippen molar-refractivity contribution in [2.24, 2.45) is 0 Å². The fraction of sp³-hybridized carbons (Fsp3) is 1.00. The molecule has 0 spiro atoms. The molecule has 0 saturated heterocycles. The second-order valence-electron chi connectivity index (χ2n) is 1.36. The number of hydrogen-bond donors (Lipinski definition) is 0. The van der Waals surface area contributed by atoms with Crippen molar-refractivity contribution in [3.8, 4) is 0 Å². The molecule has 0 aromatic carbocycles. The highest BCUT2D eigenvalue weighted by Gasteiger charge is 2.43. The highest BCUT2D eigenvalue weighted by atomic mass is 19.3. The van der Waals surface area contributed by atoms with Gasteiger partial charge in [0.15, 0.2) is 0 Å². The molecule has 0 aromatic rings. The molecule has 0 N–H and O–H groups in total. The lowest BCUT2D eigenvalue weighted by Gasteiger charge is -1.76. The van der Waals surface area contributed by atoms with Gasteiger partial charge in [0.2, 0.25) is 5.92 Å². The maximum Gasteiger partial charge on any atom is 0.248 e. The second kappa shape index (κ2) is 0.511. The molecule has 0 nitrogen and oxygen atoms in total. The summed E-state index contributed by atoms with van der Waals surface area (Å²) in [5.41, 5.74) is 0. The topological polar surface area (TPSA) is 0 Å². The molecule has 2 heteroatoms. The minimum absolute atomic E-state index is 0.118. The van der Waals surface area contributed by atoms with E-state index in [1.54, 1.807) is 0 Å². The van der Waals surface area contributed by atoms with Gasteiger partial charge in [0.05, 0.1) is 0 Å². The van der Waals surface area contributed by atoms with E-state index in [2.05, 4.69) is 0 Å². The van der Waals surface area contributed by atoms with E-state index in [0.29, 0.717) is 0 Å². The molecule has 0 aromatic heterocycles. The van der Waals surface area contributed by atoms with E-state index < -0.39 is 5.92 Å². The Balaban J connectivity index is 2.38. The highest BCUT2D eigenvalue weighted by molar-refractivity contribution is 4.81. The van der Waals surface area contributed by atoms with Crippen LogP contribution in [-0.4, -0.2) is 5.92 Å². The van der Waals surface area contributed by atoms with E-state index in [0.717, 1.165) is 0 Å². The van der Waals surface area contributed by atoms with E-state index in [-0.39, 0.29) is 12.8 Å². The zero-order valence-corrected chi connectivity index (χ0v) is 2.67. The first-order valence-electron chi connectivity index (χ1n) is 1.59. The number of hydrogen-bond acceptors (Lipinski definition) is 0. The Bertz CT molecular complexity index is 42.9. The van der Waals surface area contributed by atoms with E-state index >= 15 is 0 Å². The van der Waals surface area contributed by atoms with Crippen LogP contribution in [0.25, 0.3) is 0 Å². The summed E-state index contributed by atoms with van der Waals surface area (Å²) in [4.78, 5) is 0. The molecule has 0 atom stereocenters. The quantitative estimate of drug-likeness (QED) is 0.411. The minimum Gasteiger partial charge on any atom is -0.207 e. The Morgan fingerprint density at radius 1 is 1.20 bits per heavy atom. The van der Waals surface area contributed by atoms with Crippen LogP contribution >= 0.6 is 0 Å². The molecule has 0 amide bonds. The Morgan fingerprint density at radius 2 is 1.40 bits per heavy atom. The number of alkyl halides is 2. The molecule has 1 aliphatic carbocycles. The van der Waals surface area contributed by atoms with Crippen LogP contribution in [0.1, 0.15) is 12.8 Å². The molecule has 1 aliphatic rings. The second-order valence-corrected chi connectivity index (χ2v) is 1.36. The lowest BCUT2D eigenvalue weighted by molar-refractivity contribution is 0.120. The molecule has 0 unspecified atom stereocenters. The largest absolute Gasteiger partial charge is 0.248 e. The molecular weight excluding hydrogens is 74.0 g/mol. The Morgan fingerprint density at radius 3 is 1.40 bits per heavy atom. The molecule has 0 aliphatic heterocycles. The SMILES string of the molecule is FC1(F)CC1. The molecule has 0 bridgehead atoms. The normalized spacial score (nSPS) is 30.0. The minimum atomic E-state index is -2.25. The zero-order chi connectivity index (χ0) is 3.91. The molecule has 5 heavy (non-hydrogen) atoms. The van der Waals surface area contributed by atoms with Crippen molar-refractivity contribution in [3.05, 3.63) is 0 Å². The van der Waals surface area contributed by atoms with Crippen LogP contribution in [0.3, 0.4) is 0 Å². The van der Waals surface area contributed by atoms with Crippen LogP contribution in [-0.2, 0) is 0 Å². The number of halogens is 2. The molecule has 1 fully saturated rings. The lowest BCUT2D eigenvalue weighted by atomic mass is 10.8. The van der Waals surface area contributed by atoms with Crippen LogP contribution in [0.5, 0.6) is 0 Å². The van der Waals surface area contributed by atoms with Crippen molar-refractivity contribution in [1.29, 1.82) is 0 Å². The summed E-state index contributed by atoms with van der Waals surface area (Å²) in [6, 6.07) is 0. The maximum atomic E-state index is 11.1. The summed E-state index contributed by atoms with van der Waals surface area (Å²) in [6.07, 6.45) is 0.236. The summed E-state index contributed by atoms with van der Waals surface area (Å²) in [5.74, 6) is -2.25. The van der Waals surface area contributed by atoms with Crippen molar-refractivity contribution >= 4 is 0 Å². The van der Waals surface area contributed by atoms with Gasteiger partial charge in [-0.2, -0.15) is 0 Å². The first kappa shape index (κ1) is 3.07. The Labute approximate surface area is 28.8 Å². The van der Waals surface area contributed by atoms with Crippen LogP contribution in [0, 0.1) is 0 Å². The molecule has 1 saturated carbocycles. The standard InChI is InChI=1S/C3H4F2/c4-3(5)1-2-3/h1-2H2. The van der Waals surface area contributed by atoms with Crippen molar-refractivity contribution in [1.82, 2.24) is 0 Å². The third kappa shape index (κ3) is 0.565. The Hall–Kier alpha value is -0.140. The van der Waals surface area contributed by atoms with Crippen molar-refractivity contribution in [2.75, 3.05) is 0 Å². The monoisotopic (exact) mass is 78.0 g/mol. The first-order chi connectivity index (χ1) is 2.21. The summed E-state index contributed by atoms with van der Waals surface area (Å²) in [7, 11) is 0. The highest BCUT2D eigenvalue weighted by Crippen LogP contribution is 2.40. The van der Waals surface area contributed by atoms with Gasteiger partial charge in [0.25, 0.3) is 0 Å². The van der Waals surface area contributed by atoms with Crippen LogP contribution in [0.2, 0.25) is 0 Å². The van der Waals surface area contributed by atoms with Gasteiger partial charge in [0, 0.05) is 12.8 Å².